The van der Waals surface area contributed by atoms with E-state index in [2.05, 4.69) is 97.9 Å². The van der Waals surface area contributed by atoms with E-state index in [1.807, 2.05) is 0 Å². The highest BCUT2D eigenvalue weighted by molar-refractivity contribution is 5.95. The summed E-state index contributed by atoms with van der Waals surface area (Å²) in [6.45, 7) is 17.8. The topological polar surface area (TPSA) is 12.4 Å². The van der Waals surface area contributed by atoms with Crippen LogP contribution in [-0.4, -0.2) is 5.71 Å². The largest absolute Gasteiger partial charge is 0.257 e. The molecule has 0 saturated heterocycles. The smallest absolute Gasteiger partial charge is 0.0667 e. The summed E-state index contributed by atoms with van der Waals surface area (Å²) in [7, 11) is 0. The summed E-state index contributed by atoms with van der Waals surface area (Å²) in [5.41, 5.74) is 8.17. The number of hydrogen-bond donors (Lipinski definition) is 0. The Balaban J connectivity index is 0.000000199. The molecule has 146 valence electrons. The molecule has 0 N–H and O–H groups in total. The molecular weight excluding hydrogens is 326 g/mol. The van der Waals surface area contributed by atoms with Gasteiger partial charge in [-0.1, -0.05) is 91.8 Å². The molecular formula is C26H37N. The molecule has 0 unspecified atom stereocenters. The predicted molar refractivity (Wildman–Crippen MR) is 121 cm³/mol. The summed E-state index contributed by atoms with van der Waals surface area (Å²) in [4.78, 5) is 4.71. The summed E-state index contributed by atoms with van der Waals surface area (Å²) < 4.78 is 0. The maximum Gasteiger partial charge on any atom is 0.0667 e. The number of fused-ring (bicyclic) bond motifs is 1. The van der Waals surface area contributed by atoms with Gasteiger partial charge in [0.1, 0.15) is 0 Å². The van der Waals surface area contributed by atoms with Crippen LogP contribution >= 0.6 is 0 Å². The van der Waals surface area contributed by atoms with Gasteiger partial charge in [-0.15, -0.1) is 0 Å². The Morgan fingerprint density at radius 2 is 1.04 bits per heavy atom. The number of benzene rings is 2. The van der Waals surface area contributed by atoms with Crippen LogP contribution in [-0.2, 0) is 6.42 Å². The molecule has 0 saturated carbocycles. The lowest BCUT2D eigenvalue weighted by Crippen LogP contribution is -2.06. The first kappa shape index (κ1) is 21.4. The van der Waals surface area contributed by atoms with Gasteiger partial charge in [0, 0.05) is 12.1 Å². The fourth-order valence-corrected chi connectivity index (χ4v) is 3.18. The summed E-state index contributed by atoms with van der Waals surface area (Å²) >= 11 is 0. The van der Waals surface area contributed by atoms with Crippen molar-refractivity contribution in [1.29, 1.82) is 0 Å². The van der Waals surface area contributed by atoms with Crippen molar-refractivity contribution in [3.8, 4) is 0 Å². The fourth-order valence-electron chi connectivity index (χ4n) is 3.18. The average molecular weight is 364 g/mol. The van der Waals surface area contributed by atoms with Gasteiger partial charge in [0.15, 0.2) is 0 Å². The van der Waals surface area contributed by atoms with Gasteiger partial charge in [0.2, 0.25) is 0 Å². The number of rotatable bonds is 4. The molecule has 0 fully saturated rings. The third kappa shape index (κ3) is 5.79. The predicted octanol–water partition coefficient (Wildman–Crippen LogP) is 8.03. The lowest BCUT2D eigenvalue weighted by atomic mass is 9.97. The van der Waals surface area contributed by atoms with Crippen LogP contribution in [0.5, 0.6) is 0 Å². The van der Waals surface area contributed by atoms with Gasteiger partial charge < -0.3 is 0 Å². The maximum absolute atomic E-state index is 4.71. The zero-order chi connectivity index (χ0) is 20.1. The van der Waals surface area contributed by atoms with Gasteiger partial charge in [-0.05, 0) is 52.0 Å². The summed E-state index contributed by atoms with van der Waals surface area (Å²) in [5, 5.41) is 0. The molecule has 2 aromatic carbocycles. The standard InChI is InChI=1S/C14H19N.C12H18/c1-9(2)11-5-6-12-8-13(10(3)4)15-14(12)7-11;1-9(2)11-5-7-12(8-6-11)10(3)4/h5-7,9-10H,8H2,1-4H3;5-10H,1-4H3. The van der Waals surface area contributed by atoms with Crippen LogP contribution in [0.15, 0.2) is 47.5 Å². The molecule has 27 heavy (non-hydrogen) atoms. The van der Waals surface area contributed by atoms with Gasteiger partial charge in [-0.3, -0.25) is 4.99 Å². The Morgan fingerprint density at radius 1 is 0.593 bits per heavy atom. The van der Waals surface area contributed by atoms with E-state index < -0.39 is 0 Å². The number of aliphatic imine (C=N–C) groups is 1. The Hall–Kier alpha value is -1.89. The molecule has 0 aromatic heterocycles. The molecule has 0 spiro atoms. The minimum atomic E-state index is 0.569. The van der Waals surface area contributed by atoms with Crippen LogP contribution in [0, 0.1) is 5.92 Å². The first-order valence-electron chi connectivity index (χ1n) is 10.5. The molecule has 0 amide bonds. The second-order valence-corrected chi connectivity index (χ2v) is 8.95. The lowest BCUT2D eigenvalue weighted by molar-refractivity contribution is 0.845. The van der Waals surface area contributed by atoms with Crippen molar-refractivity contribution in [1.82, 2.24) is 0 Å². The molecule has 1 heterocycles. The molecule has 1 nitrogen and oxygen atoms in total. The van der Waals surface area contributed by atoms with Crippen LogP contribution < -0.4 is 0 Å². The highest BCUT2D eigenvalue weighted by Crippen LogP contribution is 2.31. The fraction of sp³-hybridized carbons (Fsp3) is 0.500. The second-order valence-electron chi connectivity index (χ2n) is 8.95. The molecule has 1 aliphatic heterocycles. The lowest BCUT2D eigenvalue weighted by Gasteiger charge is -2.08. The third-order valence-electron chi connectivity index (χ3n) is 5.35. The number of nitrogens with zero attached hydrogens (tertiary/aromatic N) is 1. The van der Waals surface area contributed by atoms with Crippen molar-refractivity contribution in [2.75, 3.05) is 0 Å². The quantitative estimate of drug-likeness (QED) is 0.521. The molecule has 0 atom stereocenters. The molecule has 0 aliphatic carbocycles. The van der Waals surface area contributed by atoms with E-state index in [0.717, 1.165) is 6.42 Å². The van der Waals surface area contributed by atoms with Crippen LogP contribution in [0.2, 0.25) is 0 Å². The van der Waals surface area contributed by atoms with Crippen molar-refractivity contribution in [2.24, 2.45) is 10.9 Å². The maximum atomic E-state index is 4.71. The van der Waals surface area contributed by atoms with Crippen molar-refractivity contribution in [2.45, 2.75) is 79.6 Å². The molecule has 2 aromatic rings. The molecule has 0 radical (unpaired) electrons. The minimum Gasteiger partial charge on any atom is -0.257 e. The van der Waals surface area contributed by atoms with Crippen LogP contribution in [0.4, 0.5) is 5.69 Å². The van der Waals surface area contributed by atoms with E-state index >= 15 is 0 Å². The van der Waals surface area contributed by atoms with Gasteiger partial charge in [0.25, 0.3) is 0 Å². The van der Waals surface area contributed by atoms with Crippen molar-refractivity contribution < 1.29 is 0 Å². The van der Waals surface area contributed by atoms with E-state index in [1.54, 1.807) is 0 Å². The van der Waals surface area contributed by atoms with Crippen LogP contribution in [0.3, 0.4) is 0 Å². The summed E-state index contributed by atoms with van der Waals surface area (Å²) in [6, 6.07) is 15.7. The monoisotopic (exact) mass is 363 g/mol. The molecule has 1 aliphatic rings. The van der Waals surface area contributed by atoms with E-state index in [1.165, 1.54) is 33.7 Å². The zero-order valence-electron chi connectivity index (χ0n) is 18.5. The SMILES string of the molecule is CC(C)C1=Nc2cc(C(C)C)ccc2C1.CC(C)c1ccc(C(C)C)cc1. The molecule has 1 heteroatoms. The normalized spacial score (nSPS) is 13.1. The van der Waals surface area contributed by atoms with Gasteiger partial charge >= 0.3 is 0 Å². The van der Waals surface area contributed by atoms with Crippen LogP contribution in [0.1, 0.15) is 95.4 Å². The first-order valence-corrected chi connectivity index (χ1v) is 10.5. The minimum absolute atomic E-state index is 0.569. The van der Waals surface area contributed by atoms with Gasteiger partial charge in [-0.25, -0.2) is 0 Å². The van der Waals surface area contributed by atoms with E-state index in [0.29, 0.717) is 23.7 Å². The highest BCUT2D eigenvalue weighted by Gasteiger charge is 2.17. The second kappa shape index (κ2) is 9.35. The van der Waals surface area contributed by atoms with E-state index in [9.17, 15) is 0 Å². The Kier molecular flexibility index (Phi) is 7.41. The van der Waals surface area contributed by atoms with Gasteiger partial charge in [-0.2, -0.15) is 0 Å². The Bertz CT molecular complexity index is 734. The van der Waals surface area contributed by atoms with Crippen LogP contribution in [0.25, 0.3) is 0 Å². The molecule has 3 rings (SSSR count). The van der Waals surface area contributed by atoms with E-state index in [4.69, 9.17) is 4.99 Å². The Labute approximate surface area is 166 Å². The summed E-state index contributed by atoms with van der Waals surface area (Å²) in [5.74, 6) is 2.45. The van der Waals surface area contributed by atoms with Crippen molar-refractivity contribution in [3.63, 3.8) is 0 Å². The molecule has 0 bridgehead atoms. The number of hydrogen-bond acceptors (Lipinski definition) is 1. The average Bonchev–Trinajstić information content (AvgIpc) is 3.06. The third-order valence-corrected chi connectivity index (χ3v) is 5.35. The van der Waals surface area contributed by atoms with Crippen molar-refractivity contribution >= 4 is 11.4 Å². The Morgan fingerprint density at radius 3 is 1.44 bits per heavy atom. The first-order chi connectivity index (χ1) is 12.7. The highest BCUT2D eigenvalue weighted by atomic mass is 14.8. The van der Waals surface area contributed by atoms with Crippen molar-refractivity contribution in [3.05, 3.63) is 64.7 Å². The zero-order valence-corrected chi connectivity index (χ0v) is 18.5. The van der Waals surface area contributed by atoms with E-state index in [-0.39, 0.29) is 0 Å². The summed E-state index contributed by atoms with van der Waals surface area (Å²) in [6.07, 6.45) is 1.05. The van der Waals surface area contributed by atoms with Gasteiger partial charge in [0.05, 0.1) is 5.69 Å².